The summed E-state index contributed by atoms with van der Waals surface area (Å²) in [6.45, 7) is 4.32. The average molecular weight is 428 g/mol. The molecule has 1 N–H and O–H groups in total. The van der Waals surface area contributed by atoms with E-state index in [9.17, 15) is 9.90 Å². The number of aromatic hydroxyl groups is 1. The van der Waals surface area contributed by atoms with Crippen molar-refractivity contribution in [3.63, 3.8) is 0 Å². The van der Waals surface area contributed by atoms with Crippen LogP contribution in [0.25, 0.3) is 10.9 Å². The lowest BCUT2D eigenvalue weighted by Crippen LogP contribution is -2.50. The van der Waals surface area contributed by atoms with Gasteiger partial charge in [-0.2, -0.15) is 0 Å². The van der Waals surface area contributed by atoms with Gasteiger partial charge in [0, 0.05) is 55.7 Å². The number of hydrogen-bond donors (Lipinski definition) is 1. The highest BCUT2D eigenvalue weighted by atomic mass is 35.5. The number of halogens is 1. The lowest BCUT2D eigenvalue weighted by atomic mass is 9.98. The van der Waals surface area contributed by atoms with Crippen LogP contribution in [0.1, 0.15) is 24.2 Å². The molecule has 4 rings (SSSR count). The van der Waals surface area contributed by atoms with Gasteiger partial charge in [0.1, 0.15) is 11.3 Å². The first-order valence-corrected chi connectivity index (χ1v) is 10.2. The smallest absolute Gasteiger partial charge is 0.409 e. The minimum absolute atomic E-state index is 0.0680. The second kappa shape index (κ2) is 8.81. The molecule has 0 bridgehead atoms. The summed E-state index contributed by atoms with van der Waals surface area (Å²) in [5.74, 6) is 0.0680. The molecule has 1 aromatic carbocycles. The van der Waals surface area contributed by atoms with Crippen LogP contribution in [0.4, 0.5) is 4.79 Å². The highest BCUT2D eigenvalue weighted by Crippen LogP contribution is 2.40. The number of carbonyl (C=O) groups excluding carboxylic acids is 1. The first-order valence-electron chi connectivity index (χ1n) is 9.78. The van der Waals surface area contributed by atoms with Crippen LogP contribution in [0.2, 0.25) is 5.02 Å². The first kappa shape index (κ1) is 20.3. The van der Waals surface area contributed by atoms with Crippen LogP contribution in [-0.4, -0.2) is 68.7 Å². The van der Waals surface area contributed by atoms with Crippen LogP contribution in [0.5, 0.6) is 5.75 Å². The van der Waals surface area contributed by atoms with E-state index in [0.29, 0.717) is 60.0 Å². The van der Waals surface area contributed by atoms with Gasteiger partial charge >= 0.3 is 6.09 Å². The van der Waals surface area contributed by atoms with Crippen molar-refractivity contribution in [3.8, 4) is 5.75 Å². The van der Waals surface area contributed by atoms with E-state index < -0.39 is 0 Å². The molecule has 0 saturated carbocycles. The Morgan fingerprint density at radius 2 is 2.03 bits per heavy atom. The summed E-state index contributed by atoms with van der Waals surface area (Å²) in [7, 11) is 0. The van der Waals surface area contributed by atoms with Crippen molar-refractivity contribution in [2.75, 3.05) is 32.8 Å². The Hall–Kier alpha value is -2.97. The Bertz CT molecular complexity index is 1040. The second-order valence-electron chi connectivity index (χ2n) is 6.95. The third-order valence-electron chi connectivity index (χ3n) is 5.21. The third-order valence-corrected chi connectivity index (χ3v) is 5.52. The molecular formula is C21H22ClN5O3. The number of aromatic nitrogens is 3. The fourth-order valence-corrected chi connectivity index (χ4v) is 4.06. The maximum Gasteiger partial charge on any atom is 0.409 e. The van der Waals surface area contributed by atoms with Gasteiger partial charge < -0.3 is 14.7 Å². The van der Waals surface area contributed by atoms with Crippen molar-refractivity contribution < 1.29 is 14.6 Å². The average Bonchev–Trinajstić information content (AvgIpc) is 2.79. The van der Waals surface area contributed by atoms with Crippen molar-refractivity contribution in [1.82, 2.24) is 24.8 Å². The summed E-state index contributed by atoms with van der Waals surface area (Å²) in [6, 6.07) is 4.98. The van der Waals surface area contributed by atoms with Crippen LogP contribution in [-0.2, 0) is 4.74 Å². The van der Waals surface area contributed by atoms with Gasteiger partial charge in [0.05, 0.1) is 29.6 Å². The topological polar surface area (TPSA) is 91.7 Å². The molecule has 3 heterocycles. The number of phenols is 1. The number of rotatable bonds is 4. The molecule has 1 aliphatic rings. The number of hydrogen-bond acceptors (Lipinski definition) is 7. The van der Waals surface area contributed by atoms with Gasteiger partial charge in [-0.15, -0.1) is 0 Å². The van der Waals surface area contributed by atoms with Crippen molar-refractivity contribution in [1.29, 1.82) is 0 Å². The van der Waals surface area contributed by atoms with Crippen LogP contribution in [0.15, 0.2) is 43.0 Å². The quantitative estimate of drug-likeness (QED) is 0.683. The Balaban J connectivity index is 1.72. The summed E-state index contributed by atoms with van der Waals surface area (Å²) in [6.07, 6.45) is 6.22. The van der Waals surface area contributed by atoms with Gasteiger partial charge in [-0.25, -0.2) is 4.79 Å². The fourth-order valence-electron chi connectivity index (χ4n) is 3.79. The molecule has 0 spiro atoms. The zero-order valence-corrected chi connectivity index (χ0v) is 17.3. The number of phenolic OH excluding ortho intramolecular Hbond substituents is 1. The summed E-state index contributed by atoms with van der Waals surface area (Å²) < 4.78 is 5.11. The van der Waals surface area contributed by atoms with Crippen LogP contribution in [0.3, 0.4) is 0 Å². The maximum atomic E-state index is 12.1. The molecule has 1 saturated heterocycles. The summed E-state index contributed by atoms with van der Waals surface area (Å²) in [5.41, 5.74) is 1.74. The fraction of sp³-hybridized carbons (Fsp3) is 0.333. The Morgan fingerprint density at radius 1 is 1.23 bits per heavy atom. The van der Waals surface area contributed by atoms with E-state index in [4.69, 9.17) is 16.3 Å². The number of amides is 1. The molecule has 156 valence electrons. The van der Waals surface area contributed by atoms with E-state index in [0.717, 1.165) is 0 Å². The van der Waals surface area contributed by atoms with Gasteiger partial charge in [-0.1, -0.05) is 11.6 Å². The zero-order chi connectivity index (χ0) is 21.1. The van der Waals surface area contributed by atoms with E-state index in [1.165, 1.54) is 0 Å². The number of benzene rings is 1. The molecule has 0 aliphatic carbocycles. The molecule has 1 aliphatic heterocycles. The van der Waals surface area contributed by atoms with E-state index in [-0.39, 0.29) is 17.9 Å². The molecule has 1 unspecified atom stereocenters. The van der Waals surface area contributed by atoms with Gasteiger partial charge in [0.15, 0.2) is 0 Å². The summed E-state index contributed by atoms with van der Waals surface area (Å²) in [4.78, 5) is 28.9. The molecule has 1 atom stereocenters. The van der Waals surface area contributed by atoms with E-state index in [1.807, 2.05) is 6.07 Å². The molecular weight excluding hydrogens is 406 g/mol. The molecule has 8 nitrogen and oxygen atoms in total. The van der Waals surface area contributed by atoms with E-state index >= 15 is 0 Å². The van der Waals surface area contributed by atoms with Gasteiger partial charge in [-0.3, -0.25) is 19.9 Å². The predicted octanol–water partition coefficient (Wildman–Crippen LogP) is 3.25. The Labute approximate surface area is 179 Å². The van der Waals surface area contributed by atoms with Gasteiger partial charge in [-0.05, 0) is 25.1 Å². The predicted molar refractivity (Wildman–Crippen MR) is 112 cm³/mol. The SMILES string of the molecule is CCOC(=O)N1CCN(C(c2cnccn2)c2cc(Cl)c3cccnc3c2O)CC1. The number of nitrogens with zero attached hydrogens (tertiary/aromatic N) is 5. The molecule has 9 heteroatoms. The molecule has 3 aromatic rings. The second-order valence-corrected chi connectivity index (χ2v) is 7.36. The number of carbonyl (C=O) groups is 1. The van der Waals surface area contributed by atoms with Crippen molar-refractivity contribution in [2.45, 2.75) is 13.0 Å². The lowest BCUT2D eigenvalue weighted by molar-refractivity contribution is 0.0706. The molecule has 30 heavy (non-hydrogen) atoms. The number of pyridine rings is 1. The number of piperazine rings is 1. The minimum atomic E-state index is -0.382. The molecule has 2 aromatic heterocycles. The maximum absolute atomic E-state index is 12.1. The number of fused-ring (bicyclic) bond motifs is 1. The van der Waals surface area contributed by atoms with Crippen LogP contribution in [0, 0.1) is 0 Å². The number of ether oxygens (including phenoxy) is 1. The summed E-state index contributed by atoms with van der Waals surface area (Å²) >= 11 is 6.53. The Morgan fingerprint density at radius 3 is 2.73 bits per heavy atom. The zero-order valence-electron chi connectivity index (χ0n) is 16.5. The molecule has 1 amide bonds. The monoisotopic (exact) mass is 427 g/mol. The molecule has 0 radical (unpaired) electrons. The lowest BCUT2D eigenvalue weighted by Gasteiger charge is -2.38. The normalized spacial score (nSPS) is 15.9. The standard InChI is InChI=1S/C21H22ClN5O3/c1-2-30-21(29)27-10-8-26(9-11-27)19(17-13-23-6-7-24-17)15-12-16(22)14-4-3-5-25-18(14)20(15)28/h3-7,12-13,19,28H,2,8-11H2,1H3. The molecule has 1 fully saturated rings. The largest absolute Gasteiger partial charge is 0.505 e. The van der Waals surface area contributed by atoms with E-state index in [1.54, 1.807) is 48.7 Å². The Kier molecular flexibility index (Phi) is 5.96. The third kappa shape index (κ3) is 3.88. The summed E-state index contributed by atoms with van der Waals surface area (Å²) in [5, 5.41) is 12.3. The highest BCUT2D eigenvalue weighted by molar-refractivity contribution is 6.35. The van der Waals surface area contributed by atoms with Crippen molar-refractivity contribution in [3.05, 3.63) is 59.3 Å². The van der Waals surface area contributed by atoms with Crippen LogP contribution < -0.4 is 0 Å². The van der Waals surface area contributed by atoms with E-state index in [2.05, 4.69) is 19.9 Å². The highest BCUT2D eigenvalue weighted by Gasteiger charge is 2.32. The first-order chi connectivity index (χ1) is 14.6. The minimum Gasteiger partial charge on any atom is -0.505 e. The van der Waals surface area contributed by atoms with Gasteiger partial charge in [0.2, 0.25) is 0 Å². The van der Waals surface area contributed by atoms with Crippen LogP contribution >= 0.6 is 11.6 Å². The van der Waals surface area contributed by atoms with Crippen molar-refractivity contribution in [2.24, 2.45) is 0 Å². The van der Waals surface area contributed by atoms with Gasteiger partial charge in [0.25, 0.3) is 0 Å². The van der Waals surface area contributed by atoms with Crippen molar-refractivity contribution >= 4 is 28.6 Å².